The van der Waals surface area contributed by atoms with Crippen molar-refractivity contribution in [3.8, 4) is 0 Å². The van der Waals surface area contributed by atoms with Crippen LogP contribution in [0.2, 0.25) is 0 Å². The van der Waals surface area contributed by atoms with E-state index in [2.05, 4.69) is 39.7 Å². The summed E-state index contributed by atoms with van der Waals surface area (Å²) in [7, 11) is 2.16. The molecule has 0 aromatic heterocycles. The van der Waals surface area contributed by atoms with Gasteiger partial charge in [0.05, 0.1) is 0 Å². The number of likely N-dealkylation sites (N-methyl/N-ethyl adjacent to an activating group) is 1. The van der Waals surface area contributed by atoms with Crippen molar-refractivity contribution in [2.45, 2.75) is 24.7 Å². The van der Waals surface area contributed by atoms with Crippen LogP contribution in [0.4, 0.5) is 10.1 Å². The van der Waals surface area contributed by atoms with E-state index >= 15 is 0 Å². The van der Waals surface area contributed by atoms with Crippen LogP contribution in [-0.2, 0) is 5.33 Å². The summed E-state index contributed by atoms with van der Waals surface area (Å²) in [5.74, 6) is -0.159. The predicted octanol–water partition coefficient (Wildman–Crippen LogP) is 3.25. The monoisotopic (exact) mass is 314 g/mol. The van der Waals surface area contributed by atoms with E-state index in [-0.39, 0.29) is 5.82 Å². The molecular weight excluding hydrogens is 295 g/mol. The molecule has 18 heavy (non-hydrogen) atoms. The molecule has 0 spiro atoms. The quantitative estimate of drug-likeness (QED) is 0.773. The van der Waals surface area contributed by atoms with Gasteiger partial charge in [0, 0.05) is 30.1 Å². The summed E-state index contributed by atoms with van der Waals surface area (Å²) in [6, 6.07) is 5.56. The van der Waals surface area contributed by atoms with Crippen LogP contribution in [0.15, 0.2) is 18.2 Å². The summed E-state index contributed by atoms with van der Waals surface area (Å²) < 4.78 is 13.3. The average molecular weight is 315 g/mol. The number of nitrogens with zero attached hydrogens (tertiary/aromatic N) is 2. The molecule has 0 amide bonds. The van der Waals surface area contributed by atoms with E-state index in [0.717, 1.165) is 37.3 Å². The molecule has 0 saturated carbocycles. The molecule has 0 bridgehead atoms. The highest BCUT2D eigenvalue weighted by Crippen LogP contribution is 2.27. The molecule has 1 fully saturated rings. The third kappa shape index (κ3) is 3.04. The number of hydrogen-bond acceptors (Lipinski definition) is 2. The largest absolute Gasteiger partial charge is 0.367 e. The van der Waals surface area contributed by atoms with Crippen molar-refractivity contribution in [1.82, 2.24) is 4.90 Å². The van der Waals surface area contributed by atoms with Crippen molar-refractivity contribution in [3.05, 3.63) is 29.6 Å². The molecule has 1 aliphatic heterocycles. The Morgan fingerprint density at radius 1 is 1.39 bits per heavy atom. The number of anilines is 1. The van der Waals surface area contributed by atoms with Crippen LogP contribution in [0.3, 0.4) is 0 Å². The van der Waals surface area contributed by atoms with Crippen LogP contribution in [-0.4, -0.2) is 37.6 Å². The Balaban J connectivity index is 2.29. The second kappa shape index (κ2) is 6.02. The highest BCUT2D eigenvalue weighted by atomic mass is 79.9. The van der Waals surface area contributed by atoms with E-state index in [4.69, 9.17) is 0 Å². The molecule has 2 rings (SSSR count). The zero-order valence-corrected chi connectivity index (χ0v) is 12.6. The fraction of sp³-hybridized carbons (Fsp3) is 0.571. The van der Waals surface area contributed by atoms with Gasteiger partial charge in [0.2, 0.25) is 0 Å². The molecule has 1 saturated heterocycles. The highest BCUT2D eigenvalue weighted by Gasteiger charge is 2.21. The van der Waals surface area contributed by atoms with Crippen molar-refractivity contribution in [2.24, 2.45) is 0 Å². The molecule has 100 valence electrons. The van der Waals surface area contributed by atoms with Gasteiger partial charge < -0.3 is 9.80 Å². The summed E-state index contributed by atoms with van der Waals surface area (Å²) in [5, 5.41) is 0.694. The van der Waals surface area contributed by atoms with E-state index in [9.17, 15) is 4.39 Å². The Morgan fingerprint density at radius 2 is 2.17 bits per heavy atom. The molecule has 1 aromatic carbocycles. The fourth-order valence-corrected chi connectivity index (χ4v) is 3.12. The summed E-state index contributed by atoms with van der Waals surface area (Å²) >= 11 is 3.46. The highest BCUT2D eigenvalue weighted by molar-refractivity contribution is 9.08. The summed E-state index contributed by atoms with van der Waals surface area (Å²) in [4.78, 5) is 4.77. The predicted molar refractivity (Wildman–Crippen MR) is 78.0 cm³/mol. The number of benzene rings is 1. The van der Waals surface area contributed by atoms with Gasteiger partial charge in [0.15, 0.2) is 0 Å². The smallest absolute Gasteiger partial charge is 0.123 e. The third-order valence-electron chi connectivity index (χ3n) is 3.54. The van der Waals surface area contributed by atoms with E-state index in [1.165, 1.54) is 0 Å². The zero-order chi connectivity index (χ0) is 13.1. The minimum absolute atomic E-state index is 0.159. The van der Waals surface area contributed by atoms with E-state index < -0.39 is 0 Å². The van der Waals surface area contributed by atoms with Crippen LogP contribution in [0.25, 0.3) is 0 Å². The molecule has 1 unspecified atom stereocenters. The van der Waals surface area contributed by atoms with Crippen LogP contribution in [0, 0.1) is 5.82 Å². The van der Waals surface area contributed by atoms with Crippen molar-refractivity contribution in [2.75, 3.05) is 31.6 Å². The van der Waals surface area contributed by atoms with Gasteiger partial charge in [0.25, 0.3) is 0 Å². The van der Waals surface area contributed by atoms with Gasteiger partial charge in [-0.25, -0.2) is 4.39 Å². The van der Waals surface area contributed by atoms with Crippen molar-refractivity contribution < 1.29 is 4.39 Å². The number of rotatable bonds is 2. The van der Waals surface area contributed by atoms with Crippen LogP contribution in [0.1, 0.15) is 18.9 Å². The Morgan fingerprint density at radius 3 is 2.89 bits per heavy atom. The Kier molecular flexibility index (Phi) is 4.62. The molecule has 0 aliphatic carbocycles. The molecule has 1 aliphatic rings. The second-order valence-electron chi connectivity index (χ2n) is 5.06. The third-order valence-corrected chi connectivity index (χ3v) is 4.15. The molecular formula is C14H20BrFN2. The lowest BCUT2D eigenvalue weighted by atomic mass is 10.1. The van der Waals surface area contributed by atoms with Crippen LogP contribution in [0.5, 0.6) is 0 Å². The van der Waals surface area contributed by atoms with E-state index in [0.29, 0.717) is 11.4 Å². The van der Waals surface area contributed by atoms with E-state index in [1.54, 1.807) is 12.1 Å². The van der Waals surface area contributed by atoms with Crippen molar-refractivity contribution in [3.63, 3.8) is 0 Å². The minimum Gasteiger partial charge on any atom is -0.367 e. The molecule has 2 nitrogen and oxygen atoms in total. The van der Waals surface area contributed by atoms with Gasteiger partial charge in [-0.1, -0.05) is 15.9 Å². The SMILES string of the molecule is CC1CN(C)CCCN1c1ccc(F)cc1CBr. The van der Waals surface area contributed by atoms with Gasteiger partial charge >= 0.3 is 0 Å². The topological polar surface area (TPSA) is 6.48 Å². The molecule has 4 heteroatoms. The number of halogens is 2. The maximum absolute atomic E-state index is 13.3. The lowest BCUT2D eigenvalue weighted by molar-refractivity contribution is 0.337. The molecule has 1 aromatic rings. The van der Waals surface area contributed by atoms with Gasteiger partial charge in [-0.05, 0) is 50.7 Å². The van der Waals surface area contributed by atoms with Gasteiger partial charge in [-0.15, -0.1) is 0 Å². The summed E-state index contributed by atoms with van der Waals surface area (Å²) in [5.41, 5.74) is 2.20. The molecule has 1 atom stereocenters. The van der Waals surface area contributed by atoms with Crippen molar-refractivity contribution in [1.29, 1.82) is 0 Å². The molecule has 0 N–H and O–H groups in total. The minimum atomic E-state index is -0.159. The molecule has 0 radical (unpaired) electrons. The first-order valence-electron chi connectivity index (χ1n) is 6.41. The lowest BCUT2D eigenvalue weighted by Gasteiger charge is -2.31. The first-order valence-corrected chi connectivity index (χ1v) is 7.53. The maximum Gasteiger partial charge on any atom is 0.123 e. The first kappa shape index (κ1) is 13.8. The standard InChI is InChI=1S/C14H20BrFN2/c1-11-10-17(2)6-3-7-18(11)14-5-4-13(16)8-12(14)9-15/h4-5,8,11H,3,6-7,9-10H2,1-2H3. The zero-order valence-electron chi connectivity index (χ0n) is 11.0. The number of alkyl halides is 1. The van der Waals surface area contributed by atoms with Gasteiger partial charge in [-0.3, -0.25) is 0 Å². The van der Waals surface area contributed by atoms with E-state index in [1.807, 2.05) is 6.07 Å². The van der Waals surface area contributed by atoms with Crippen LogP contribution >= 0.6 is 15.9 Å². The number of hydrogen-bond donors (Lipinski definition) is 0. The fourth-order valence-electron chi connectivity index (χ4n) is 2.67. The van der Waals surface area contributed by atoms with Gasteiger partial charge in [0.1, 0.15) is 5.82 Å². The van der Waals surface area contributed by atoms with Crippen molar-refractivity contribution >= 4 is 21.6 Å². The lowest BCUT2D eigenvalue weighted by Crippen LogP contribution is -2.38. The Labute approximate surface area is 117 Å². The summed E-state index contributed by atoms with van der Waals surface area (Å²) in [6.07, 6.45) is 1.15. The average Bonchev–Trinajstić information content (AvgIpc) is 2.50. The molecule has 1 heterocycles. The first-order chi connectivity index (χ1) is 8.61. The second-order valence-corrected chi connectivity index (χ2v) is 5.63. The Hall–Kier alpha value is -0.610. The normalized spacial score (nSPS) is 22.0. The van der Waals surface area contributed by atoms with Crippen LogP contribution < -0.4 is 4.90 Å². The summed E-state index contributed by atoms with van der Waals surface area (Å²) in [6.45, 7) is 5.46. The maximum atomic E-state index is 13.3. The van der Waals surface area contributed by atoms with Gasteiger partial charge in [-0.2, -0.15) is 0 Å². The Bertz CT molecular complexity index is 411.